The Labute approximate surface area is 111 Å². The van der Waals surface area contributed by atoms with E-state index in [-0.39, 0.29) is 5.91 Å². The second kappa shape index (κ2) is 6.38. The molecule has 0 spiro atoms. The van der Waals surface area contributed by atoms with Gasteiger partial charge in [-0.05, 0) is 23.8 Å². The second-order valence-electron chi connectivity index (χ2n) is 3.86. The summed E-state index contributed by atoms with van der Waals surface area (Å²) in [4.78, 5) is 11.7. The minimum atomic E-state index is -0.176. The molecule has 0 saturated carbocycles. The number of amides is 1. The van der Waals surface area contributed by atoms with E-state index in [9.17, 15) is 4.79 Å². The number of carbonyl (C=O) groups excluding carboxylic acids is 1. The van der Waals surface area contributed by atoms with Crippen LogP contribution < -0.4 is 11.1 Å². The van der Waals surface area contributed by atoms with Crippen LogP contribution in [0.4, 0.5) is 0 Å². The summed E-state index contributed by atoms with van der Waals surface area (Å²) in [7, 11) is 0. The van der Waals surface area contributed by atoms with Crippen molar-refractivity contribution in [3.63, 3.8) is 0 Å². The van der Waals surface area contributed by atoms with Gasteiger partial charge in [-0.3, -0.25) is 9.89 Å². The number of H-pyrrole nitrogens is 1. The summed E-state index contributed by atoms with van der Waals surface area (Å²) in [5, 5.41) is 9.14. The first-order valence-corrected chi connectivity index (χ1v) is 5.85. The summed E-state index contributed by atoms with van der Waals surface area (Å²) in [5.41, 5.74) is 7.67. The summed E-state index contributed by atoms with van der Waals surface area (Å²) < 4.78 is 0. The highest BCUT2D eigenvalue weighted by Gasteiger charge is 2.05. The number of hydrogen-bond donors (Lipinski definition) is 3. The molecule has 2 aromatic rings. The molecule has 0 fully saturated rings. The van der Waals surface area contributed by atoms with E-state index in [2.05, 4.69) is 27.4 Å². The zero-order chi connectivity index (χ0) is 13.5. The van der Waals surface area contributed by atoms with Crippen molar-refractivity contribution in [1.82, 2.24) is 15.5 Å². The van der Waals surface area contributed by atoms with Gasteiger partial charge in [0, 0.05) is 18.3 Å². The lowest BCUT2D eigenvalue weighted by Crippen LogP contribution is -2.23. The molecule has 2 rings (SSSR count). The number of aromatic amines is 1. The van der Waals surface area contributed by atoms with Gasteiger partial charge in [0.15, 0.2) is 0 Å². The highest BCUT2D eigenvalue weighted by atomic mass is 16.1. The maximum atomic E-state index is 11.7. The summed E-state index contributed by atoms with van der Waals surface area (Å²) in [5.74, 6) is 5.56. The maximum Gasteiger partial charge on any atom is 0.269 e. The van der Waals surface area contributed by atoms with Gasteiger partial charge in [-0.1, -0.05) is 24.0 Å². The topological polar surface area (TPSA) is 83.8 Å². The number of nitrogens with one attached hydrogen (secondary N) is 2. The average Bonchev–Trinajstić information content (AvgIpc) is 2.98. The number of rotatable bonds is 3. The first-order valence-electron chi connectivity index (χ1n) is 5.85. The van der Waals surface area contributed by atoms with Crippen molar-refractivity contribution in [2.45, 2.75) is 6.54 Å². The van der Waals surface area contributed by atoms with E-state index in [1.807, 2.05) is 24.3 Å². The Kier molecular flexibility index (Phi) is 4.32. The second-order valence-corrected chi connectivity index (χ2v) is 3.86. The Morgan fingerprint density at radius 3 is 2.74 bits per heavy atom. The predicted octanol–water partition coefficient (Wildman–Crippen LogP) is 0.650. The van der Waals surface area contributed by atoms with Crippen LogP contribution in [0.15, 0.2) is 36.5 Å². The molecule has 0 atom stereocenters. The summed E-state index contributed by atoms with van der Waals surface area (Å²) >= 11 is 0. The van der Waals surface area contributed by atoms with Gasteiger partial charge in [-0.15, -0.1) is 0 Å². The largest absolute Gasteiger partial charge is 0.347 e. The van der Waals surface area contributed by atoms with Crippen molar-refractivity contribution < 1.29 is 4.79 Å². The van der Waals surface area contributed by atoms with Gasteiger partial charge in [0.2, 0.25) is 0 Å². The molecule has 0 bridgehead atoms. The van der Waals surface area contributed by atoms with Crippen LogP contribution in [0.1, 0.15) is 21.6 Å². The molecule has 1 amide bonds. The molecule has 0 unspecified atom stereocenters. The molecule has 0 radical (unpaired) electrons. The minimum absolute atomic E-state index is 0.176. The van der Waals surface area contributed by atoms with E-state index in [1.165, 1.54) is 0 Å². The van der Waals surface area contributed by atoms with Gasteiger partial charge < -0.3 is 11.1 Å². The van der Waals surface area contributed by atoms with Crippen molar-refractivity contribution >= 4 is 5.91 Å². The molecule has 0 aliphatic carbocycles. The van der Waals surface area contributed by atoms with Gasteiger partial charge in [0.1, 0.15) is 5.69 Å². The molecule has 1 heterocycles. The molecule has 19 heavy (non-hydrogen) atoms. The summed E-state index contributed by atoms with van der Waals surface area (Å²) in [6.07, 6.45) is 1.54. The average molecular weight is 254 g/mol. The van der Waals surface area contributed by atoms with Gasteiger partial charge in [-0.2, -0.15) is 5.10 Å². The van der Waals surface area contributed by atoms with Crippen molar-refractivity contribution in [3.05, 3.63) is 53.3 Å². The lowest BCUT2D eigenvalue weighted by atomic mass is 10.1. The Morgan fingerprint density at radius 1 is 1.32 bits per heavy atom. The van der Waals surface area contributed by atoms with Crippen LogP contribution in [-0.2, 0) is 6.54 Å². The van der Waals surface area contributed by atoms with Crippen molar-refractivity contribution in [3.8, 4) is 11.8 Å². The van der Waals surface area contributed by atoms with Crippen LogP contribution in [0.3, 0.4) is 0 Å². The maximum absolute atomic E-state index is 11.7. The van der Waals surface area contributed by atoms with Gasteiger partial charge in [0.05, 0.1) is 6.54 Å². The van der Waals surface area contributed by atoms with E-state index in [0.717, 1.165) is 11.1 Å². The number of carbonyl (C=O) groups is 1. The Balaban J connectivity index is 1.91. The van der Waals surface area contributed by atoms with Crippen molar-refractivity contribution in [1.29, 1.82) is 0 Å². The quantitative estimate of drug-likeness (QED) is 0.703. The highest BCUT2D eigenvalue weighted by Crippen LogP contribution is 2.03. The van der Waals surface area contributed by atoms with E-state index < -0.39 is 0 Å². The normalized spacial score (nSPS) is 9.53. The van der Waals surface area contributed by atoms with E-state index in [0.29, 0.717) is 18.8 Å². The van der Waals surface area contributed by atoms with Crippen LogP contribution in [0.5, 0.6) is 0 Å². The van der Waals surface area contributed by atoms with Crippen LogP contribution in [-0.4, -0.2) is 22.6 Å². The molecule has 0 saturated heterocycles. The lowest BCUT2D eigenvalue weighted by Gasteiger charge is -2.03. The van der Waals surface area contributed by atoms with E-state index >= 15 is 0 Å². The van der Waals surface area contributed by atoms with Crippen LogP contribution in [0.25, 0.3) is 0 Å². The van der Waals surface area contributed by atoms with Crippen LogP contribution in [0.2, 0.25) is 0 Å². The molecular formula is C14H14N4O. The molecule has 0 aliphatic heterocycles. The molecule has 1 aromatic carbocycles. The number of benzene rings is 1. The number of nitrogens with two attached hydrogens (primary N) is 1. The van der Waals surface area contributed by atoms with Gasteiger partial charge in [-0.25, -0.2) is 0 Å². The Hall–Kier alpha value is -2.58. The standard InChI is InChI=1S/C14H14N4O/c15-8-1-2-11-3-5-12(6-4-11)10-16-14(19)13-7-9-17-18-13/h3-7,9H,8,10,15H2,(H,16,19)(H,17,18). The molecular weight excluding hydrogens is 240 g/mol. The molecule has 5 heteroatoms. The third-order valence-corrected chi connectivity index (χ3v) is 2.49. The third kappa shape index (κ3) is 3.69. The SMILES string of the molecule is NCC#Cc1ccc(CNC(=O)c2ccn[nH]2)cc1. The molecule has 96 valence electrons. The molecule has 5 nitrogen and oxygen atoms in total. The van der Waals surface area contributed by atoms with E-state index in [4.69, 9.17) is 5.73 Å². The van der Waals surface area contributed by atoms with Gasteiger partial charge in [0.25, 0.3) is 5.91 Å². The van der Waals surface area contributed by atoms with Crippen molar-refractivity contribution in [2.24, 2.45) is 5.73 Å². The fourth-order valence-electron chi connectivity index (χ4n) is 1.52. The Bertz CT molecular complexity index is 591. The first-order chi connectivity index (χ1) is 9.29. The lowest BCUT2D eigenvalue weighted by molar-refractivity contribution is 0.0946. The highest BCUT2D eigenvalue weighted by molar-refractivity contribution is 5.91. The smallest absolute Gasteiger partial charge is 0.269 e. The zero-order valence-corrected chi connectivity index (χ0v) is 10.3. The fourth-order valence-corrected chi connectivity index (χ4v) is 1.52. The summed E-state index contributed by atoms with van der Waals surface area (Å²) in [6.45, 7) is 0.810. The minimum Gasteiger partial charge on any atom is -0.347 e. The Morgan fingerprint density at radius 2 is 2.11 bits per heavy atom. The van der Waals surface area contributed by atoms with E-state index in [1.54, 1.807) is 12.3 Å². The zero-order valence-electron chi connectivity index (χ0n) is 10.3. The first kappa shape index (κ1) is 12.9. The summed E-state index contributed by atoms with van der Waals surface area (Å²) in [6, 6.07) is 9.28. The molecule has 4 N–H and O–H groups in total. The number of aromatic nitrogens is 2. The fraction of sp³-hybridized carbons (Fsp3) is 0.143. The monoisotopic (exact) mass is 254 g/mol. The van der Waals surface area contributed by atoms with Crippen LogP contribution >= 0.6 is 0 Å². The molecule has 1 aromatic heterocycles. The van der Waals surface area contributed by atoms with Gasteiger partial charge >= 0.3 is 0 Å². The number of hydrogen-bond acceptors (Lipinski definition) is 3. The number of nitrogens with zero attached hydrogens (tertiary/aromatic N) is 1. The third-order valence-electron chi connectivity index (χ3n) is 2.49. The van der Waals surface area contributed by atoms with Crippen molar-refractivity contribution in [2.75, 3.05) is 6.54 Å². The predicted molar refractivity (Wildman–Crippen MR) is 72.1 cm³/mol. The van der Waals surface area contributed by atoms with Crippen LogP contribution in [0, 0.1) is 11.8 Å². The molecule has 0 aliphatic rings.